The van der Waals surface area contributed by atoms with Gasteiger partial charge in [-0.05, 0) is 18.8 Å². The maximum atomic E-state index is 11.7. The SMILES string of the molecule is CC(C)C(=O)C1(N)C[C@@H]1CCN=C(N)N. The first-order valence-corrected chi connectivity index (χ1v) is 5.26. The van der Waals surface area contributed by atoms with Gasteiger partial charge in [0.1, 0.15) is 0 Å². The molecular formula is C10H20N4O. The molecule has 0 aromatic heterocycles. The van der Waals surface area contributed by atoms with Crippen molar-refractivity contribution in [3.63, 3.8) is 0 Å². The van der Waals surface area contributed by atoms with Crippen LogP contribution >= 0.6 is 0 Å². The molecule has 5 heteroatoms. The minimum Gasteiger partial charge on any atom is -0.370 e. The lowest BCUT2D eigenvalue weighted by atomic mass is 9.98. The Morgan fingerprint density at radius 2 is 2.13 bits per heavy atom. The van der Waals surface area contributed by atoms with E-state index in [9.17, 15) is 4.79 Å². The van der Waals surface area contributed by atoms with Crippen LogP contribution in [0.1, 0.15) is 26.7 Å². The fourth-order valence-electron chi connectivity index (χ4n) is 1.90. The van der Waals surface area contributed by atoms with Crippen LogP contribution in [0.3, 0.4) is 0 Å². The molecule has 0 amide bonds. The van der Waals surface area contributed by atoms with E-state index in [4.69, 9.17) is 17.2 Å². The number of Topliss-reactive ketones (excluding diaryl/α,β-unsaturated/α-hetero) is 1. The summed E-state index contributed by atoms with van der Waals surface area (Å²) in [7, 11) is 0. The zero-order valence-electron chi connectivity index (χ0n) is 9.36. The van der Waals surface area contributed by atoms with Crippen molar-refractivity contribution in [2.24, 2.45) is 34.0 Å². The summed E-state index contributed by atoms with van der Waals surface area (Å²) in [4.78, 5) is 15.6. The van der Waals surface area contributed by atoms with Crippen LogP contribution in [0.4, 0.5) is 0 Å². The number of hydrogen-bond acceptors (Lipinski definition) is 3. The minimum absolute atomic E-state index is 0.00285. The molecule has 0 aromatic carbocycles. The summed E-state index contributed by atoms with van der Waals surface area (Å²) in [5.41, 5.74) is 15.8. The molecule has 0 saturated heterocycles. The summed E-state index contributed by atoms with van der Waals surface area (Å²) in [5, 5.41) is 0. The number of guanidine groups is 1. The molecule has 5 nitrogen and oxygen atoms in total. The number of aliphatic imine (C=N–C) groups is 1. The van der Waals surface area contributed by atoms with Crippen LogP contribution in [0.5, 0.6) is 0 Å². The predicted octanol–water partition coefficient (Wildman–Crippen LogP) is -0.408. The smallest absolute Gasteiger partial charge is 0.185 e. The Hall–Kier alpha value is -1.10. The first kappa shape index (κ1) is 12.0. The van der Waals surface area contributed by atoms with E-state index in [-0.39, 0.29) is 23.6 Å². The first-order chi connectivity index (χ1) is 6.88. The van der Waals surface area contributed by atoms with Crippen molar-refractivity contribution < 1.29 is 4.79 Å². The molecule has 0 aromatic rings. The zero-order chi connectivity index (χ0) is 11.6. The molecule has 1 rings (SSSR count). The average molecular weight is 212 g/mol. The molecule has 1 unspecified atom stereocenters. The molecule has 1 fully saturated rings. The van der Waals surface area contributed by atoms with E-state index in [0.717, 1.165) is 12.8 Å². The Bertz CT molecular complexity index is 283. The third-order valence-corrected chi connectivity index (χ3v) is 2.91. The lowest BCUT2D eigenvalue weighted by molar-refractivity contribution is -0.124. The third-order valence-electron chi connectivity index (χ3n) is 2.91. The van der Waals surface area contributed by atoms with Crippen LogP contribution in [0, 0.1) is 11.8 Å². The molecule has 0 spiro atoms. The van der Waals surface area contributed by atoms with Gasteiger partial charge in [-0.15, -0.1) is 0 Å². The maximum absolute atomic E-state index is 11.7. The van der Waals surface area contributed by atoms with Crippen LogP contribution in [0.25, 0.3) is 0 Å². The van der Waals surface area contributed by atoms with Crippen LogP contribution in [0.15, 0.2) is 4.99 Å². The molecule has 2 atom stereocenters. The third kappa shape index (κ3) is 2.68. The highest BCUT2D eigenvalue weighted by Gasteiger charge is 2.56. The van der Waals surface area contributed by atoms with Gasteiger partial charge in [-0.1, -0.05) is 13.8 Å². The highest BCUT2D eigenvalue weighted by atomic mass is 16.1. The van der Waals surface area contributed by atoms with Gasteiger partial charge in [0.25, 0.3) is 0 Å². The van der Waals surface area contributed by atoms with Crippen molar-refractivity contribution in [3.8, 4) is 0 Å². The second kappa shape index (κ2) is 4.18. The fourth-order valence-corrected chi connectivity index (χ4v) is 1.90. The molecule has 1 aliphatic carbocycles. The monoisotopic (exact) mass is 212 g/mol. The Morgan fingerprint density at radius 3 is 2.60 bits per heavy atom. The highest BCUT2D eigenvalue weighted by Crippen LogP contribution is 2.45. The standard InChI is InChI=1S/C10H20N4O/c1-6(2)8(15)10(13)5-7(10)3-4-14-9(11)12/h6-7H,3-5,13H2,1-2H3,(H4,11,12,14)/t7-,10?/m0/s1. The number of ketones is 1. The van der Waals surface area contributed by atoms with Gasteiger partial charge in [-0.2, -0.15) is 0 Å². The average Bonchev–Trinajstić information content (AvgIpc) is 2.76. The van der Waals surface area contributed by atoms with Crippen LogP contribution in [-0.4, -0.2) is 23.8 Å². The highest BCUT2D eigenvalue weighted by molar-refractivity contribution is 5.93. The second-order valence-corrected chi connectivity index (χ2v) is 4.56. The molecule has 0 heterocycles. The summed E-state index contributed by atoms with van der Waals surface area (Å²) < 4.78 is 0. The molecule has 0 radical (unpaired) electrons. The topological polar surface area (TPSA) is 107 Å². The fraction of sp³-hybridized carbons (Fsp3) is 0.800. The predicted molar refractivity (Wildman–Crippen MR) is 60.2 cm³/mol. The van der Waals surface area contributed by atoms with Gasteiger partial charge in [0.15, 0.2) is 11.7 Å². The number of carbonyl (C=O) groups is 1. The van der Waals surface area contributed by atoms with Crippen molar-refractivity contribution in [2.75, 3.05) is 6.54 Å². The van der Waals surface area contributed by atoms with Crippen molar-refractivity contribution in [1.82, 2.24) is 0 Å². The Kier molecular flexibility index (Phi) is 3.34. The maximum Gasteiger partial charge on any atom is 0.185 e. The summed E-state index contributed by atoms with van der Waals surface area (Å²) in [6, 6.07) is 0. The van der Waals surface area contributed by atoms with Gasteiger partial charge >= 0.3 is 0 Å². The van der Waals surface area contributed by atoms with Crippen LogP contribution in [0.2, 0.25) is 0 Å². The van der Waals surface area contributed by atoms with Crippen molar-refractivity contribution >= 4 is 11.7 Å². The molecule has 6 N–H and O–H groups in total. The number of nitrogens with two attached hydrogens (primary N) is 3. The minimum atomic E-state index is -0.604. The molecule has 0 aliphatic heterocycles. The second-order valence-electron chi connectivity index (χ2n) is 4.56. The lowest BCUT2D eigenvalue weighted by Crippen LogP contribution is -2.38. The largest absolute Gasteiger partial charge is 0.370 e. The number of nitrogens with zero attached hydrogens (tertiary/aromatic N) is 1. The summed E-state index contributed by atoms with van der Waals surface area (Å²) in [6.07, 6.45) is 1.55. The zero-order valence-corrected chi connectivity index (χ0v) is 9.36. The van der Waals surface area contributed by atoms with E-state index in [0.29, 0.717) is 6.54 Å². The molecule has 15 heavy (non-hydrogen) atoms. The van der Waals surface area contributed by atoms with Gasteiger partial charge in [0.2, 0.25) is 0 Å². The van der Waals surface area contributed by atoms with Gasteiger partial charge < -0.3 is 17.2 Å². The van der Waals surface area contributed by atoms with Gasteiger partial charge in [0.05, 0.1) is 5.54 Å². The molecule has 86 valence electrons. The van der Waals surface area contributed by atoms with Crippen LogP contribution < -0.4 is 17.2 Å². The molecule has 1 aliphatic rings. The Morgan fingerprint density at radius 1 is 1.53 bits per heavy atom. The van der Waals surface area contributed by atoms with E-state index in [2.05, 4.69) is 4.99 Å². The summed E-state index contributed by atoms with van der Waals surface area (Å²) >= 11 is 0. The van der Waals surface area contributed by atoms with E-state index in [1.807, 2.05) is 13.8 Å². The van der Waals surface area contributed by atoms with Crippen molar-refractivity contribution in [3.05, 3.63) is 0 Å². The molecule has 0 bridgehead atoms. The van der Waals surface area contributed by atoms with Gasteiger partial charge in [-0.25, -0.2) is 0 Å². The summed E-state index contributed by atoms with van der Waals surface area (Å²) in [5.74, 6) is 0.490. The number of carbonyl (C=O) groups excluding carboxylic acids is 1. The Balaban J connectivity index is 2.39. The number of hydrogen-bond donors (Lipinski definition) is 3. The lowest BCUT2D eigenvalue weighted by Gasteiger charge is -2.12. The van der Waals surface area contributed by atoms with Crippen molar-refractivity contribution in [2.45, 2.75) is 32.2 Å². The Labute approximate surface area is 90.1 Å². The van der Waals surface area contributed by atoms with Gasteiger partial charge in [0, 0.05) is 12.5 Å². The van der Waals surface area contributed by atoms with E-state index >= 15 is 0 Å². The molecular weight excluding hydrogens is 192 g/mol. The first-order valence-electron chi connectivity index (χ1n) is 5.26. The normalized spacial score (nSPS) is 28.9. The molecule has 1 saturated carbocycles. The quantitative estimate of drug-likeness (QED) is 0.425. The van der Waals surface area contributed by atoms with Crippen molar-refractivity contribution in [1.29, 1.82) is 0 Å². The van der Waals surface area contributed by atoms with E-state index in [1.54, 1.807) is 0 Å². The van der Waals surface area contributed by atoms with Crippen LogP contribution in [-0.2, 0) is 4.79 Å². The van der Waals surface area contributed by atoms with E-state index < -0.39 is 5.54 Å². The van der Waals surface area contributed by atoms with E-state index in [1.165, 1.54) is 0 Å². The number of rotatable bonds is 5. The van der Waals surface area contributed by atoms with Gasteiger partial charge in [-0.3, -0.25) is 9.79 Å². The summed E-state index contributed by atoms with van der Waals surface area (Å²) in [6.45, 7) is 4.31.